The van der Waals surface area contributed by atoms with E-state index in [-0.39, 0.29) is 6.04 Å². The van der Waals surface area contributed by atoms with E-state index in [1.54, 1.807) is 0 Å². The molecular weight excluding hydrogens is 329 g/mol. The Morgan fingerprint density at radius 3 is 2.56 bits per heavy atom. The second-order valence-corrected chi connectivity index (χ2v) is 6.55. The lowest BCUT2D eigenvalue weighted by Crippen LogP contribution is -2.09. The van der Waals surface area contributed by atoms with Crippen molar-refractivity contribution < 1.29 is 0 Å². The first-order chi connectivity index (χ1) is 7.58. The maximum absolute atomic E-state index is 6.14. The molecule has 1 nitrogen and oxygen atoms in total. The standard InChI is InChI=1S/C11H8BrCl2NS/c12-11-8(14)5-9(16-11)10(15)6-2-1-3-7(13)4-6/h1-5,10H,15H2. The summed E-state index contributed by atoms with van der Waals surface area (Å²) in [6.45, 7) is 0. The van der Waals surface area contributed by atoms with E-state index in [1.807, 2.05) is 30.3 Å². The van der Waals surface area contributed by atoms with E-state index in [2.05, 4.69) is 15.9 Å². The average Bonchev–Trinajstić information content (AvgIpc) is 2.58. The monoisotopic (exact) mass is 335 g/mol. The lowest BCUT2D eigenvalue weighted by atomic mass is 10.1. The Kier molecular flexibility index (Phi) is 3.93. The van der Waals surface area contributed by atoms with Crippen molar-refractivity contribution in [2.75, 3.05) is 0 Å². The van der Waals surface area contributed by atoms with Crippen molar-refractivity contribution in [2.24, 2.45) is 5.73 Å². The Bertz CT molecular complexity index is 493. The summed E-state index contributed by atoms with van der Waals surface area (Å²) in [5.74, 6) is 0. The Hall–Kier alpha value is -0.0600. The van der Waals surface area contributed by atoms with Gasteiger partial charge in [0.15, 0.2) is 0 Å². The normalized spacial score (nSPS) is 12.8. The smallest absolute Gasteiger partial charge is 0.0888 e. The lowest BCUT2D eigenvalue weighted by molar-refractivity contribution is 0.894. The molecule has 0 fully saturated rings. The van der Waals surface area contributed by atoms with Crippen LogP contribution in [0, 0.1) is 0 Å². The predicted molar refractivity (Wildman–Crippen MR) is 74.5 cm³/mol. The molecule has 0 bridgehead atoms. The summed E-state index contributed by atoms with van der Waals surface area (Å²) in [6.07, 6.45) is 0. The third-order valence-corrected chi connectivity index (χ3v) is 4.97. The largest absolute Gasteiger partial charge is 0.320 e. The van der Waals surface area contributed by atoms with Gasteiger partial charge in [-0.25, -0.2) is 0 Å². The Balaban J connectivity index is 2.35. The molecule has 16 heavy (non-hydrogen) atoms. The SMILES string of the molecule is NC(c1cccc(Cl)c1)c1cc(Cl)c(Br)s1. The van der Waals surface area contributed by atoms with Crippen LogP contribution in [0.25, 0.3) is 0 Å². The maximum Gasteiger partial charge on any atom is 0.0888 e. The average molecular weight is 337 g/mol. The van der Waals surface area contributed by atoms with Gasteiger partial charge in [0, 0.05) is 9.90 Å². The number of benzene rings is 1. The Morgan fingerprint density at radius 2 is 2.00 bits per heavy atom. The lowest BCUT2D eigenvalue weighted by Gasteiger charge is -2.09. The highest BCUT2D eigenvalue weighted by molar-refractivity contribution is 9.11. The molecule has 0 aliphatic rings. The van der Waals surface area contributed by atoms with Crippen LogP contribution in [0.15, 0.2) is 34.1 Å². The molecule has 0 saturated heterocycles. The van der Waals surface area contributed by atoms with Crippen molar-refractivity contribution >= 4 is 50.5 Å². The minimum absolute atomic E-state index is 0.188. The fourth-order valence-electron chi connectivity index (χ4n) is 1.38. The summed E-state index contributed by atoms with van der Waals surface area (Å²) in [7, 11) is 0. The van der Waals surface area contributed by atoms with Gasteiger partial charge in [-0.05, 0) is 39.7 Å². The zero-order chi connectivity index (χ0) is 11.7. The van der Waals surface area contributed by atoms with E-state index >= 15 is 0 Å². The van der Waals surface area contributed by atoms with E-state index < -0.39 is 0 Å². The fourth-order valence-corrected chi connectivity index (χ4v) is 3.36. The third-order valence-electron chi connectivity index (χ3n) is 2.18. The van der Waals surface area contributed by atoms with Gasteiger partial charge in [0.2, 0.25) is 0 Å². The van der Waals surface area contributed by atoms with Crippen LogP contribution in [0.3, 0.4) is 0 Å². The molecule has 1 aromatic heterocycles. The summed E-state index contributed by atoms with van der Waals surface area (Å²) >= 11 is 16.8. The highest BCUT2D eigenvalue weighted by Gasteiger charge is 2.14. The topological polar surface area (TPSA) is 26.0 Å². The van der Waals surface area contributed by atoms with E-state index in [0.717, 1.165) is 14.2 Å². The van der Waals surface area contributed by atoms with Crippen LogP contribution in [0.2, 0.25) is 10.0 Å². The molecule has 5 heteroatoms. The van der Waals surface area contributed by atoms with E-state index in [9.17, 15) is 0 Å². The highest BCUT2D eigenvalue weighted by atomic mass is 79.9. The molecule has 1 aromatic carbocycles. The second kappa shape index (κ2) is 5.07. The number of hydrogen-bond acceptors (Lipinski definition) is 2. The molecule has 1 atom stereocenters. The first kappa shape index (κ1) is 12.4. The van der Waals surface area contributed by atoms with E-state index in [4.69, 9.17) is 28.9 Å². The first-order valence-corrected chi connectivity index (χ1v) is 6.90. The molecule has 0 aliphatic heterocycles. The zero-order valence-corrected chi connectivity index (χ0v) is 12.0. The molecule has 0 radical (unpaired) electrons. The predicted octanol–water partition coefficient (Wildman–Crippen LogP) is 4.87. The molecule has 2 aromatic rings. The minimum atomic E-state index is -0.188. The molecule has 2 N–H and O–H groups in total. The summed E-state index contributed by atoms with van der Waals surface area (Å²) in [5, 5.41) is 1.38. The molecule has 0 spiro atoms. The minimum Gasteiger partial charge on any atom is -0.320 e. The van der Waals surface area contributed by atoms with Crippen LogP contribution >= 0.6 is 50.5 Å². The van der Waals surface area contributed by atoms with Gasteiger partial charge in [-0.2, -0.15) is 0 Å². The molecule has 0 aliphatic carbocycles. The first-order valence-electron chi connectivity index (χ1n) is 4.53. The van der Waals surface area contributed by atoms with Crippen molar-refractivity contribution in [3.63, 3.8) is 0 Å². The van der Waals surface area contributed by atoms with Crippen molar-refractivity contribution in [3.8, 4) is 0 Å². The summed E-state index contributed by atoms with van der Waals surface area (Å²) < 4.78 is 0.904. The Labute approximate surface area is 116 Å². The van der Waals surface area contributed by atoms with E-state index in [1.165, 1.54) is 11.3 Å². The molecule has 84 valence electrons. The number of halogens is 3. The summed E-state index contributed by atoms with van der Waals surface area (Å²) in [4.78, 5) is 1.01. The van der Waals surface area contributed by atoms with Crippen molar-refractivity contribution in [2.45, 2.75) is 6.04 Å². The molecule has 1 heterocycles. The van der Waals surface area contributed by atoms with Gasteiger partial charge in [-0.1, -0.05) is 35.3 Å². The summed E-state index contributed by atoms with van der Waals surface area (Å²) in [6, 6.07) is 9.23. The maximum atomic E-state index is 6.14. The van der Waals surface area contributed by atoms with Gasteiger partial charge >= 0.3 is 0 Å². The molecule has 2 rings (SSSR count). The molecule has 0 amide bonds. The van der Waals surface area contributed by atoms with Gasteiger partial charge < -0.3 is 5.73 Å². The van der Waals surface area contributed by atoms with Crippen LogP contribution in [-0.4, -0.2) is 0 Å². The van der Waals surface area contributed by atoms with Crippen molar-refractivity contribution in [1.82, 2.24) is 0 Å². The van der Waals surface area contributed by atoms with Crippen LogP contribution < -0.4 is 5.73 Å². The zero-order valence-electron chi connectivity index (χ0n) is 8.08. The number of nitrogens with two attached hydrogens (primary N) is 1. The van der Waals surface area contributed by atoms with E-state index in [0.29, 0.717) is 10.0 Å². The summed E-state index contributed by atoms with van der Waals surface area (Å²) in [5.41, 5.74) is 7.12. The molecule has 0 saturated carbocycles. The molecular formula is C11H8BrCl2NS. The van der Waals surface area contributed by atoms with Crippen LogP contribution in [-0.2, 0) is 0 Å². The van der Waals surface area contributed by atoms with Gasteiger partial charge in [0.05, 0.1) is 14.9 Å². The number of thiophene rings is 1. The van der Waals surface area contributed by atoms with Crippen LogP contribution in [0.4, 0.5) is 0 Å². The van der Waals surface area contributed by atoms with Crippen LogP contribution in [0.1, 0.15) is 16.5 Å². The van der Waals surface area contributed by atoms with Gasteiger partial charge in [-0.15, -0.1) is 11.3 Å². The quantitative estimate of drug-likeness (QED) is 0.832. The second-order valence-electron chi connectivity index (χ2n) is 3.30. The third kappa shape index (κ3) is 2.60. The molecule has 1 unspecified atom stereocenters. The number of rotatable bonds is 2. The Morgan fingerprint density at radius 1 is 1.25 bits per heavy atom. The van der Waals surface area contributed by atoms with Crippen molar-refractivity contribution in [3.05, 3.63) is 54.6 Å². The van der Waals surface area contributed by atoms with Crippen LogP contribution in [0.5, 0.6) is 0 Å². The van der Waals surface area contributed by atoms with Gasteiger partial charge in [0.1, 0.15) is 0 Å². The number of hydrogen-bond donors (Lipinski definition) is 1. The van der Waals surface area contributed by atoms with Gasteiger partial charge in [-0.3, -0.25) is 0 Å². The van der Waals surface area contributed by atoms with Gasteiger partial charge in [0.25, 0.3) is 0 Å². The fraction of sp³-hybridized carbons (Fsp3) is 0.0909. The van der Waals surface area contributed by atoms with Crippen molar-refractivity contribution in [1.29, 1.82) is 0 Å². The highest BCUT2D eigenvalue weighted by Crippen LogP contribution is 2.36.